The SMILES string of the molecule is CC(=O)Nc1ccc(C(=O)N/N=C\c2cc(C)n(-c3ccc(I)cc3)c2C)cc1. The molecule has 0 radical (unpaired) electrons. The van der Waals surface area contributed by atoms with E-state index in [1.54, 1.807) is 30.5 Å². The van der Waals surface area contributed by atoms with Gasteiger partial charge in [-0.1, -0.05) is 0 Å². The van der Waals surface area contributed by atoms with Crippen molar-refractivity contribution < 1.29 is 9.59 Å². The Morgan fingerprint density at radius 2 is 1.69 bits per heavy atom. The van der Waals surface area contributed by atoms with Gasteiger partial charge in [0, 0.05) is 44.4 Å². The summed E-state index contributed by atoms with van der Waals surface area (Å²) in [6, 6.07) is 17.0. The van der Waals surface area contributed by atoms with Gasteiger partial charge in [0.1, 0.15) is 0 Å². The van der Waals surface area contributed by atoms with E-state index >= 15 is 0 Å². The van der Waals surface area contributed by atoms with Gasteiger partial charge in [0.2, 0.25) is 5.91 Å². The number of anilines is 1. The highest BCUT2D eigenvalue weighted by Crippen LogP contribution is 2.20. The molecule has 3 aromatic rings. The van der Waals surface area contributed by atoms with E-state index in [2.05, 4.69) is 67.3 Å². The van der Waals surface area contributed by atoms with Gasteiger partial charge in [-0.3, -0.25) is 9.59 Å². The lowest BCUT2D eigenvalue weighted by atomic mass is 10.2. The lowest BCUT2D eigenvalue weighted by Gasteiger charge is -2.09. The lowest BCUT2D eigenvalue weighted by molar-refractivity contribution is -0.114. The maximum Gasteiger partial charge on any atom is 0.271 e. The average molecular weight is 500 g/mol. The second-order valence-electron chi connectivity index (χ2n) is 6.60. The van der Waals surface area contributed by atoms with Crippen molar-refractivity contribution in [3.63, 3.8) is 0 Å². The first-order chi connectivity index (χ1) is 13.8. The number of halogens is 1. The van der Waals surface area contributed by atoms with Crippen molar-refractivity contribution in [3.05, 3.63) is 80.7 Å². The largest absolute Gasteiger partial charge is 0.326 e. The summed E-state index contributed by atoms with van der Waals surface area (Å²) in [5.74, 6) is -0.475. The number of nitrogens with one attached hydrogen (secondary N) is 2. The number of hydrogen-bond donors (Lipinski definition) is 2. The molecule has 3 rings (SSSR count). The zero-order chi connectivity index (χ0) is 21.0. The number of aryl methyl sites for hydroxylation is 1. The fourth-order valence-corrected chi connectivity index (χ4v) is 3.40. The first kappa shape index (κ1) is 20.8. The summed E-state index contributed by atoms with van der Waals surface area (Å²) >= 11 is 2.29. The third-order valence-corrected chi connectivity index (χ3v) is 5.11. The van der Waals surface area contributed by atoms with Crippen molar-refractivity contribution in [1.29, 1.82) is 0 Å². The van der Waals surface area contributed by atoms with Gasteiger partial charge < -0.3 is 9.88 Å². The molecule has 0 aliphatic carbocycles. The van der Waals surface area contributed by atoms with E-state index < -0.39 is 0 Å². The molecule has 0 atom stereocenters. The van der Waals surface area contributed by atoms with Gasteiger partial charge in [-0.15, -0.1) is 0 Å². The van der Waals surface area contributed by atoms with Crippen molar-refractivity contribution in [2.24, 2.45) is 5.10 Å². The van der Waals surface area contributed by atoms with Gasteiger partial charge in [0.15, 0.2) is 0 Å². The maximum atomic E-state index is 12.3. The number of nitrogens with zero attached hydrogens (tertiary/aromatic N) is 2. The highest BCUT2D eigenvalue weighted by Gasteiger charge is 2.10. The normalized spacial score (nSPS) is 10.9. The van der Waals surface area contributed by atoms with Crippen LogP contribution in [-0.2, 0) is 4.79 Å². The fraction of sp³-hybridized carbons (Fsp3) is 0.136. The number of carbonyl (C=O) groups excluding carboxylic acids is 2. The standard InChI is InChI=1S/C22H21IN4O2/c1-14-12-18(15(2)27(14)21-10-6-19(23)7-11-21)13-24-26-22(29)17-4-8-20(9-5-17)25-16(3)28/h4-13H,1-3H3,(H,25,28)(H,26,29)/b24-13-. The van der Waals surface area contributed by atoms with Crippen LogP contribution in [0.5, 0.6) is 0 Å². The Bertz CT molecular complexity index is 1070. The number of amides is 2. The van der Waals surface area contributed by atoms with Crippen LogP contribution in [0, 0.1) is 17.4 Å². The molecule has 1 heterocycles. The Morgan fingerprint density at radius 1 is 1.03 bits per heavy atom. The topological polar surface area (TPSA) is 75.5 Å². The third kappa shape index (κ3) is 5.11. The van der Waals surface area contributed by atoms with Gasteiger partial charge >= 0.3 is 0 Å². The van der Waals surface area contributed by atoms with E-state index in [1.165, 1.54) is 10.5 Å². The molecule has 2 amide bonds. The Morgan fingerprint density at radius 3 is 2.31 bits per heavy atom. The molecule has 0 unspecified atom stereocenters. The first-order valence-corrected chi connectivity index (χ1v) is 10.1. The van der Waals surface area contributed by atoms with E-state index in [0.29, 0.717) is 11.3 Å². The highest BCUT2D eigenvalue weighted by atomic mass is 127. The molecule has 29 heavy (non-hydrogen) atoms. The van der Waals surface area contributed by atoms with Gasteiger partial charge in [0.25, 0.3) is 5.91 Å². The summed E-state index contributed by atoms with van der Waals surface area (Å²) in [4.78, 5) is 23.3. The van der Waals surface area contributed by atoms with Gasteiger partial charge in [-0.2, -0.15) is 5.10 Å². The lowest BCUT2D eigenvalue weighted by Crippen LogP contribution is -2.17. The number of rotatable bonds is 5. The second-order valence-corrected chi connectivity index (χ2v) is 7.84. The fourth-order valence-electron chi connectivity index (χ4n) is 3.04. The van der Waals surface area contributed by atoms with Gasteiger partial charge in [-0.25, -0.2) is 5.43 Å². The minimum Gasteiger partial charge on any atom is -0.326 e. The molecule has 2 aromatic carbocycles. The molecule has 2 N–H and O–H groups in total. The summed E-state index contributed by atoms with van der Waals surface area (Å²) in [7, 11) is 0. The molecule has 7 heteroatoms. The average Bonchev–Trinajstić information content (AvgIpc) is 2.96. The number of hydrazone groups is 1. The van der Waals surface area contributed by atoms with Gasteiger partial charge in [0.05, 0.1) is 6.21 Å². The van der Waals surface area contributed by atoms with Crippen LogP contribution in [-0.4, -0.2) is 22.6 Å². The molecule has 0 spiro atoms. The zero-order valence-electron chi connectivity index (χ0n) is 16.4. The minimum absolute atomic E-state index is 0.158. The molecule has 1 aromatic heterocycles. The predicted octanol–water partition coefficient (Wildman–Crippen LogP) is 4.42. The van der Waals surface area contributed by atoms with Crippen LogP contribution in [0.3, 0.4) is 0 Å². The second kappa shape index (κ2) is 9.04. The van der Waals surface area contributed by atoms with Crippen LogP contribution in [0.4, 0.5) is 5.69 Å². The molecular weight excluding hydrogens is 479 g/mol. The summed E-state index contributed by atoms with van der Waals surface area (Å²) in [5, 5.41) is 6.77. The zero-order valence-corrected chi connectivity index (χ0v) is 18.5. The van der Waals surface area contributed by atoms with E-state index in [-0.39, 0.29) is 11.8 Å². The summed E-state index contributed by atoms with van der Waals surface area (Å²) in [5.41, 5.74) is 7.79. The van der Waals surface area contributed by atoms with Crippen molar-refractivity contribution in [2.45, 2.75) is 20.8 Å². The maximum absolute atomic E-state index is 12.3. The van der Waals surface area contributed by atoms with E-state index in [0.717, 1.165) is 22.6 Å². The molecule has 6 nitrogen and oxygen atoms in total. The van der Waals surface area contributed by atoms with Crippen molar-refractivity contribution in [1.82, 2.24) is 9.99 Å². The minimum atomic E-state index is -0.318. The Kier molecular flexibility index (Phi) is 6.48. The Labute approximate surface area is 183 Å². The van der Waals surface area contributed by atoms with E-state index in [9.17, 15) is 9.59 Å². The molecule has 0 saturated carbocycles. The van der Waals surface area contributed by atoms with Crippen molar-refractivity contribution in [3.8, 4) is 5.69 Å². The third-order valence-electron chi connectivity index (χ3n) is 4.39. The van der Waals surface area contributed by atoms with Crippen LogP contribution in [0.25, 0.3) is 5.69 Å². The summed E-state index contributed by atoms with van der Waals surface area (Å²) in [6.45, 7) is 5.50. The van der Waals surface area contributed by atoms with Crippen molar-refractivity contribution >= 4 is 46.3 Å². The molecular formula is C22H21IN4O2. The summed E-state index contributed by atoms with van der Waals surface area (Å²) in [6.07, 6.45) is 1.65. The molecule has 148 valence electrons. The Hall–Kier alpha value is -2.94. The van der Waals surface area contributed by atoms with Crippen LogP contribution < -0.4 is 10.7 Å². The molecule has 0 aliphatic rings. The van der Waals surface area contributed by atoms with Crippen molar-refractivity contribution in [2.75, 3.05) is 5.32 Å². The number of hydrogen-bond acceptors (Lipinski definition) is 3. The Balaban J connectivity index is 1.70. The highest BCUT2D eigenvalue weighted by molar-refractivity contribution is 14.1. The van der Waals surface area contributed by atoms with Crippen LogP contribution in [0.15, 0.2) is 59.7 Å². The number of aromatic nitrogens is 1. The van der Waals surface area contributed by atoms with E-state index in [1.807, 2.05) is 19.9 Å². The monoisotopic (exact) mass is 500 g/mol. The predicted molar refractivity (Wildman–Crippen MR) is 124 cm³/mol. The number of benzene rings is 2. The quantitative estimate of drug-likeness (QED) is 0.309. The smallest absolute Gasteiger partial charge is 0.271 e. The summed E-state index contributed by atoms with van der Waals surface area (Å²) < 4.78 is 3.34. The first-order valence-electron chi connectivity index (χ1n) is 9.01. The molecule has 0 fully saturated rings. The van der Waals surface area contributed by atoms with Crippen LogP contribution >= 0.6 is 22.6 Å². The van der Waals surface area contributed by atoms with Crippen LogP contribution in [0.2, 0.25) is 0 Å². The van der Waals surface area contributed by atoms with Crippen LogP contribution in [0.1, 0.15) is 34.2 Å². The van der Waals surface area contributed by atoms with Gasteiger partial charge in [-0.05, 0) is 91.0 Å². The molecule has 0 saturated heterocycles. The number of carbonyl (C=O) groups is 2. The molecule has 0 bridgehead atoms. The molecule has 0 aliphatic heterocycles. The van der Waals surface area contributed by atoms with E-state index in [4.69, 9.17) is 0 Å².